The summed E-state index contributed by atoms with van der Waals surface area (Å²) in [6.07, 6.45) is 4.91. The van der Waals surface area contributed by atoms with Crippen LogP contribution in [0.25, 0.3) is 0 Å². The molecule has 2 aliphatic heterocycles. The molecule has 2 saturated heterocycles. The van der Waals surface area contributed by atoms with Crippen molar-refractivity contribution in [3.8, 4) is 0 Å². The van der Waals surface area contributed by atoms with Crippen LogP contribution in [-0.4, -0.2) is 64.4 Å². The van der Waals surface area contributed by atoms with Crippen molar-refractivity contribution >= 4 is 20.0 Å². The fourth-order valence-electron chi connectivity index (χ4n) is 4.28. The molecule has 9 nitrogen and oxygen atoms in total. The van der Waals surface area contributed by atoms with E-state index in [0.717, 1.165) is 25.5 Å². The van der Waals surface area contributed by atoms with Crippen LogP contribution in [0.1, 0.15) is 43.6 Å². The standard InChI is InChI=1S/C17H29N3O6S2/c1-13-16(14(2)26-19-13)28(23,24)20-9-6-17(7-10-20)12-15(5-11-25-17)4-8-18-27(3,21)22/h15,18H,4-12H2,1-3H3. The van der Waals surface area contributed by atoms with E-state index in [9.17, 15) is 16.8 Å². The number of hydrogen-bond acceptors (Lipinski definition) is 7. The van der Waals surface area contributed by atoms with Gasteiger partial charge in [-0.2, -0.15) is 4.31 Å². The van der Waals surface area contributed by atoms with E-state index >= 15 is 0 Å². The quantitative estimate of drug-likeness (QED) is 0.712. The molecule has 2 fully saturated rings. The lowest BCUT2D eigenvalue weighted by Gasteiger charge is -2.45. The summed E-state index contributed by atoms with van der Waals surface area (Å²) < 4.78 is 63.6. The number of aryl methyl sites for hydroxylation is 2. The second kappa shape index (κ2) is 8.02. The lowest BCUT2D eigenvalue weighted by atomic mass is 9.79. The number of nitrogens with zero attached hydrogens (tertiary/aromatic N) is 2. The average Bonchev–Trinajstić information content (AvgIpc) is 2.93. The Hall–Kier alpha value is -1.01. The SMILES string of the molecule is Cc1noc(C)c1S(=O)(=O)N1CCC2(CC1)CC(CCNS(C)(=O)=O)CCO2. The summed E-state index contributed by atoms with van der Waals surface area (Å²) in [7, 11) is -6.81. The van der Waals surface area contributed by atoms with Gasteiger partial charge in [0, 0.05) is 26.2 Å². The third kappa shape index (κ3) is 4.76. The number of sulfonamides is 2. The normalized spacial score (nSPS) is 23.9. The van der Waals surface area contributed by atoms with Crippen LogP contribution in [0.4, 0.5) is 0 Å². The maximum Gasteiger partial charge on any atom is 0.248 e. The zero-order valence-corrected chi connectivity index (χ0v) is 18.2. The number of ether oxygens (including phenoxy) is 1. The highest BCUT2D eigenvalue weighted by atomic mass is 32.2. The summed E-state index contributed by atoms with van der Waals surface area (Å²) in [6, 6.07) is 0. The minimum Gasteiger partial charge on any atom is -0.375 e. The fraction of sp³-hybridized carbons (Fsp3) is 0.824. The summed E-state index contributed by atoms with van der Waals surface area (Å²) in [4.78, 5) is 0.165. The lowest BCUT2D eigenvalue weighted by Crippen LogP contribution is -2.51. The first-order chi connectivity index (χ1) is 13.0. The Labute approximate surface area is 166 Å². The van der Waals surface area contributed by atoms with E-state index in [1.807, 2.05) is 0 Å². The first-order valence-corrected chi connectivity index (χ1v) is 12.9. The smallest absolute Gasteiger partial charge is 0.248 e. The molecule has 28 heavy (non-hydrogen) atoms. The number of nitrogens with one attached hydrogen (secondary N) is 1. The van der Waals surface area contributed by atoms with E-state index in [0.29, 0.717) is 56.5 Å². The van der Waals surface area contributed by atoms with Crippen LogP contribution in [0, 0.1) is 19.8 Å². The third-order valence-corrected chi connectivity index (χ3v) is 8.58. The molecule has 3 heterocycles. The van der Waals surface area contributed by atoms with Crippen LogP contribution in [0.3, 0.4) is 0 Å². The predicted octanol–water partition coefficient (Wildman–Crippen LogP) is 1.18. The number of aromatic nitrogens is 1. The van der Waals surface area contributed by atoms with Gasteiger partial charge in [0.25, 0.3) is 0 Å². The van der Waals surface area contributed by atoms with Crippen LogP contribution >= 0.6 is 0 Å². The molecule has 0 radical (unpaired) electrons. The Morgan fingerprint density at radius 2 is 1.89 bits per heavy atom. The summed E-state index contributed by atoms with van der Waals surface area (Å²) in [5.41, 5.74) is 0.0591. The molecule has 1 unspecified atom stereocenters. The molecule has 2 aliphatic rings. The zero-order valence-electron chi connectivity index (χ0n) is 16.6. The van der Waals surface area contributed by atoms with Crippen LogP contribution in [0.2, 0.25) is 0 Å². The van der Waals surface area contributed by atoms with Crippen LogP contribution in [-0.2, 0) is 24.8 Å². The Kier molecular flexibility index (Phi) is 6.21. The zero-order chi connectivity index (χ0) is 20.6. The highest BCUT2D eigenvalue weighted by Gasteiger charge is 2.43. The number of piperidine rings is 1. The third-order valence-electron chi connectivity index (χ3n) is 5.71. The topological polar surface area (TPSA) is 119 Å². The molecule has 1 aromatic heterocycles. The number of hydrogen-bond donors (Lipinski definition) is 1. The second-order valence-corrected chi connectivity index (χ2v) is 11.6. The van der Waals surface area contributed by atoms with Gasteiger partial charge >= 0.3 is 0 Å². The maximum atomic E-state index is 13.0. The van der Waals surface area contributed by atoms with Gasteiger partial charge in [-0.15, -0.1) is 0 Å². The molecule has 0 aromatic carbocycles. The van der Waals surface area contributed by atoms with Crippen molar-refractivity contribution in [3.05, 3.63) is 11.5 Å². The summed E-state index contributed by atoms with van der Waals surface area (Å²) in [5, 5.41) is 3.76. The van der Waals surface area contributed by atoms with Gasteiger partial charge in [0.05, 0.1) is 11.9 Å². The second-order valence-electron chi connectivity index (χ2n) is 7.90. The fourth-order valence-corrected chi connectivity index (χ4v) is 6.50. The van der Waals surface area contributed by atoms with E-state index < -0.39 is 20.0 Å². The van der Waals surface area contributed by atoms with Gasteiger partial charge in [-0.1, -0.05) is 5.16 Å². The lowest BCUT2D eigenvalue weighted by molar-refractivity contribution is -0.121. The van der Waals surface area contributed by atoms with Gasteiger partial charge in [0.2, 0.25) is 20.0 Å². The van der Waals surface area contributed by atoms with Crippen molar-refractivity contribution in [3.63, 3.8) is 0 Å². The van der Waals surface area contributed by atoms with Crippen LogP contribution < -0.4 is 4.72 Å². The summed E-state index contributed by atoms with van der Waals surface area (Å²) in [6.45, 7) is 5.07. The first kappa shape index (κ1) is 21.7. The Morgan fingerprint density at radius 1 is 1.21 bits per heavy atom. The van der Waals surface area contributed by atoms with E-state index in [-0.39, 0.29) is 10.5 Å². The van der Waals surface area contributed by atoms with Crippen LogP contribution in [0.15, 0.2) is 9.42 Å². The highest BCUT2D eigenvalue weighted by molar-refractivity contribution is 7.89. The van der Waals surface area contributed by atoms with Gasteiger partial charge in [-0.05, 0) is 51.9 Å². The molecule has 0 amide bonds. The Morgan fingerprint density at radius 3 is 2.46 bits per heavy atom. The van der Waals surface area contributed by atoms with Crippen molar-refractivity contribution in [2.45, 2.75) is 56.4 Å². The molecule has 3 rings (SSSR count). The van der Waals surface area contributed by atoms with Crippen molar-refractivity contribution in [2.24, 2.45) is 5.92 Å². The molecule has 1 aromatic rings. The molecular weight excluding hydrogens is 406 g/mol. The van der Waals surface area contributed by atoms with E-state index in [2.05, 4.69) is 9.88 Å². The largest absolute Gasteiger partial charge is 0.375 e. The van der Waals surface area contributed by atoms with Gasteiger partial charge in [-0.3, -0.25) is 0 Å². The van der Waals surface area contributed by atoms with Crippen molar-refractivity contribution in [2.75, 3.05) is 32.5 Å². The Bertz CT molecular complexity index is 882. The van der Waals surface area contributed by atoms with E-state index in [4.69, 9.17) is 9.26 Å². The van der Waals surface area contributed by atoms with Crippen molar-refractivity contribution in [1.82, 2.24) is 14.2 Å². The van der Waals surface area contributed by atoms with Gasteiger partial charge in [-0.25, -0.2) is 21.6 Å². The minimum atomic E-state index is -3.63. The molecule has 0 saturated carbocycles. The van der Waals surface area contributed by atoms with Crippen molar-refractivity contribution < 1.29 is 26.1 Å². The molecule has 1 atom stereocenters. The van der Waals surface area contributed by atoms with Crippen LogP contribution in [0.5, 0.6) is 0 Å². The molecule has 0 bridgehead atoms. The molecule has 1 spiro atoms. The summed E-state index contributed by atoms with van der Waals surface area (Å²) >= 11 is 0. The molecular formula is C17H29N3O6S2. The molecule has 1 N–H and O–H groups in total. The molecule has 11 heteroatoms. The average molecular weight is 436 g/mol. The van der Waals surface area contributed by atoms with Gasteiger partial charge in [0.1, 0.15) is 10.6 Å². The van der Waals surface area contributed by atoms with E-state index in [1.165, 1.54) is 4.31 Å². The van der Waals surface area contributed by atoms with Crippen molar-refractivity contribution in [1.29, 1.82) is 0 Å². The predicted molar refractivity (Wildman–Crippen MR) is 103 cm³/mol. The Balaban J connectivity index is 1.61. The maximum absolute atomic E-state index is 13.0. The monoisotopic (exact) mass is 435 g/mol. The highest BCUT2D eigenvalue weighted by Crippen LogP contribution is 2.40. The minimum absolute atomic E-state index is 0.165. The first-order valence-electron chi connectivity index (χ1n) is 9.54. The van der Waals surface area contributed by atoms with E-state index in [1.54, 1.807) is 13.8 Å². The number of rotatable bonds is 6. The van der Waals surface area contributed by atoms with Gasteiger partial charge in [0.15, 0.2) is 5.76 Å². The summed E-state index contributed by atoms with van der Waals surface area (Å²) in [5.74, 6) is 0.680. The molecule has 0 aliphatic carbocycles. The molecule has 160 valence electrons. The van der Waals surface area contributed by atoms with Gasteiger partial charge < -0.3 is 9.26 Å².